The van der Waals surface area contributed by atoms with E-state index in [-0.39, 0.29) is 17.8 Å². The summed E-state index contributed by atoms with van der Waals surface area (Å²) in [6.07, 6.45) is 5.01. The molecule has 110 valence electrons. The van der Waals surface area contributed by atoms with Gasteiger partial charge in [0.05, 0.1) is 0 Å². The van der Waals surface area contributed by atoms with Gasteiger partial charge in [0.2, 0.25) is 0 Å². The van der Waals surface area contributed by atoms with Crippen molar-refractivity contribution in [1.82, 2.24) is 0 Å². The first-order chi connectivity index (χ1) is 9.59. The van der Waals surface area contributed by atoms with E-state index in [0.717, 1.165) is 25.7 Å². The molecule has 1 aromatic carbocycles. The fourth-order valence-electron chi connectivity index (χ4n) is 2.92. The second-order valence-corrected chi connectivity index (χ2v) is 5.41. The molecule has 1 saturated carbocycles. The van der Waals surface area contributed by atoms with E-state index in [0.29, 0.717) is 12.8 Å². The molecule has 0 bridgehead atoms. The Hall–Kier alpha value is -1.29. The van der Waals surface area contributed by atoms with Crippen LogP contribution in [0.1, 0.15) is 44.1 Å². The molecular formula is C16H20F2O2. The minimum Gasteiger partial charge on any atom is -0.370 e. The SMILES string of the molecule is COC1(C(=O)Cc2c(F)cccc2F)CCCCCC1. The number of Topliss-reactive ketones (excluding diaryl/α,β-unsaturated/α-hetero) is 1. The third-order valence-electron chi connectivity index (χ3n) is 4.21. The lowest BCUT2D eigenvalue weighted by molar-refractivity contribution is -0.142. The van der Waals surface area contributed by atoms with Crippen LogP contribution in [0.3, 0.4) is 0 Å². The Labute approximate surface area is 118 Å². The van der Waals surface area contributed by atoms with E-state index < -0.39 is 17.2 Å². The summed E-state index contributed by atoms with van der Waals surface area (Å²) >= 11 is 0. The Morgan fingerprint density at radius 2 is 1.70 bits per heavy atom. The van der Waals surface area contributed by atoms with Crippen molar-refractivity contribution in [3.05, 3.63) is 35.4 Å². The van der Waals surface area contributed by atoms with E-state index in [4.69, 9.17) is 4.74 Å². The Morgan fingerprint density at radius 3 is 2.20 bits per heavy atom. The first-order valence-electron chi connectivity index (χ1n) is 7.10. The number of hydrogen-bond acceptors (Lipinski definition) is 2. The highest BCUT2D eigenvalue weighted by Gasteiger charge is 2.38. The molecule has 0 atom stereocenters. The fraction of sp³-hybridized carbons (Fsp3) is 0.562. The highest BCUT2D eigenvalue weighted by molar-refractivity contribution is 5.89. The maximum atomic E-state index is 13.7. The van der Waals surface area contributed by atoms with Crippen molar-refractivity contribution in [2.75, 3.05) is 7.11 Å². The van der Waals surface area contributed by atoms with Gasteiger partial charge < -0.3 is 4.74 Å². The number of halogens is 2. The summed E-state index contributed by atoms with van der Waals surface area (Å²) < 4.78 is 32.8. The van der Waals surface area contributed by atoms with Gasteiger partial charge in [-0.3, -0.25) is 4.79 Å². The predicted octanol–water partition coefficient (Wildman–Crippen LogP) is 3.82. The van der Waals surface area contributed by atoms with Crippen LogP contribution >= 0.6 is 0 Å². The van der Waals surface area contributed by atoms with E-state index in [1.165, 1.54) is 25.3 Å². The molecule has 20 heavy (non-hydrogen) atoms. The standard InChI is InChI=1S/C16H20F2O2/c1-20-16(9-4-2-3-5-10-16)15(19)11-12-13(17)7-6-8-14(12)18/h6-8H,2-5,9-11H2,1H3. The lowest BCUT2D eigenvalue weighted by Gasteiger charge is -2.30. The van der Waals surface area contributed by atoms with Crippen LogP contribution < -0.4 is 0 Å². The van der Waals surface area contributed by atoms with Gasteiger partial charge in [0.25, 0.3) is 0 Å². The zero-order valence-electron chi connectivity index (χ0n) is 11.8. The second-order valence-electron chi connectivity index (χ2n) is 5.41. The molecule has 0 aromatic heterocycles. The molecular weight excluding hydrogens is 262 g/mol. The minimum atomic E-state index is -0.870. The molecule has 0 saturated heterocycles. The molecule has 0 radical (unpaired) electrons. The molecule has 0 heterocycles. The Morgan fingerprint density at radius 1 is 1.15 bits per heavy atom. The quantitative estimate of drug-likeness (QED) is 0.785. The molecule has 0 N–H and O–H groups in total. The third kappa shape index (κ3) is 3.06. The van der Waals surface area contributed by atoms with Crippen molar-refractivity contribution in [2.24, 2.45) is 0 Å². The van der Waals surface area contributed by atoms with Gasteiger partial charge in [0.15, 0.2) is 5.78 Å². The predicted molar refractivity (Wildman–Crippen MR) is 72.5 cm³/mol. The maximum absolute atomic E-state index is 13.7. The molecule has 4 heteroatoms. The molecule has 1 aromatic rings. The molecule has 0 aliphatic heterocycles. The number of carbonyl (C=O) groups excluding carboxylic acids is 1. The third-order valence-corrected chi connectivity index (χ3v) is 4.21. The number of hydrogen-bond donors (Lipinski definition) is 0. The van der Waals surface area contributed by atoms with Crippen molar-refractivity contribution in [3.63, 3.8) is 0 Å². The number of ether oxygens (including phenoxy) is 1. The van der Waals surface area contributed by atoms with Crippen LogP contribution in [-0.2, 0) is 16.0 Å². The van der Waals surface area contributed by atoms with E-state index in [1.807, 2.05) is 0 Å². The van der Waals surface area contributed by atoms with Gasteiger partial charge in [-0.2, -0.15) is 0 Å². The van der Waals surface area contributed by atoms with Crippen LogP contribution in [-0.4, -0.2) is 18.5 Å². The summed E-state index contributed by atoms with van der Waals surface area (Å²) in [5.41, 5.74) is -1.02. The normalized spacial score (nSPS) is 18.6. The number of methoxy groups -OCH3 is 1. The second kappa shape index (κ2) is 6.44. The van der Waals surface area contributed by atoms with E-state index in [1.54, 1.807) is 0 Å². The molecule has 1 aliphatic carbocycles. The smallest absolute Gasteiger partial charge is 0.169 e. The summed E-state index contributed by atoms with van der Waals surface area (Å²) in [4.78, 5) is 12.5. The Balaban J connectivity index is 2.21. The molecule has 1 aliphatic rings. The lowest BCUT2D eigenvalue weighted by atomic mass is 9.86. The largest absolute Gasteiger partial charge is 0.370 e. The van der Waals surface area contributed by atoms with Crippen molar-refractivity contribution >= 4 is 5.78 Å². The van der Waals surface area contributed by atoms with Crippen LogP contribution in [0, 0.1) is 11.6 Å². The zero-order chi connectivity index (χ0) is 14.6. The fourth-order valence-corrected chi connectivity index (χ4v) is 2.92. The van der Waals surface area contributed by atoms with Gasteiger partial charge in [-0.05, 0) is 25.0 Å². The Kier molecular flexibility index (Phi) is 4.86. The van der Waals surface area contributed by atoms with Crippen LogP contribution in [0.15, 0.2) is 18.2 Å². The van der Waals surface area contributed by atoms with E-state index in [9.17, 15) is 13.6 Å². The Bertz CT molecular complexity index is 457. The zero-order valence-corrected chi connectivity index (χ0v) is 11.8. The summed E-state index contributed by atoms with van der Waals surface area (Å²) in [5, 5.41) is 0. The van der Waals surface area contributed by atoms with Crippen LogP contribution in [0.2, 0.25) is 0 Å². The average Bonchev–Trinajstić information content (AvgIpc) is 2.69. The molecule has 0 amide bonds. The topological polar surface area (TPSA) is 26.3 Å². The molecule has 0 unspecified atom stereocenters. The summed E-state index contributed by atoms with van der Waals surface area (Å²) in [6.45, 7) is 0. The lowest BCUT2D eigenvalue weighted by Crippen LogP contribution is -2.41. The van der Waals surface area contributed by atoms with Gasteiger partial charge in [-0.25, -0.2) is 8.78 Å². The van der Waals surface area contributed by atoms with E-state index in [2.05, 4.69) is 0 Å². The van der Waals surface area contributed by atoms with Crippen molar-refractivity contribution in [2.45, 2.75) is 50.5 Å². The van der Waals surface area contributed by atoms with Crippen molar-refractivity contribution in [1.29, 1.82) is 0 Å². The highest BCUT2D eigenvalue weighted by Crippen LogP contribution is 2.32. The maximum Gasteiger partial charge on any atom is 0.169 e. The van der Waals surface area contributed by atoms with Crippen LogP contribution in [0.5, 0.6) is 0 Å². The van der Waals surface area contributed by atoms with Gasteiger partial charge >= 0.3 is 0 Å². The average molecular weight is 282 g/mol. The summed E-state index contributed by atoms with van der Waals surface area (Å²) in [6, 6.07) is 3.66. The summed E-state index contributed by atoms with van der Waals surface area (Å²) in [7, 11) is 1.51. The molecule has 2 rings (SSSR count). The number of carbonyl (C=O) groups is 1. The van der Waals surface area contributed by atoms with Gasteiger partial charge in [-0.15, -0.1) is 0 Å². The van der Waals surface area contributed by atoms with Crippen LogP contribution in [0.4, 0.5) is 8.78 Å². The first-order valence-corrected chi connectivity index (χ1v) is 7.10. The molecule has 2 nitrogen and oxygen atoms in total. The number of benzene rings is 1. The number of rotatable bonds is 4. The van der Waals surface area contributed by atoms with E-state index >= 15 is 0 Å². The highest BCUT2D eigenvalue weighted by atomic mass is 19.1. The van der Waals surface area contributed by atoms with Gasteiger partial charge in [0, 0.05) is 19.1 Å². The van der Waals surface area contributed by atoms with Crippen molar-refractivity contribution < 1.29 is 18.3 Å². The summed E-state index contributed by atoms with van der Waals surface area (Å²) in [5.74, 6) is -1.55. The monoisotopic (exact) mass is 282 g/mol. The van der Waals surface area contributed by atoms with Gasteiger partial charge in [-0.1, -0.05) is 31.7 Å². The molecule has 1 fully saturated rings. The minimum absolute atomic E-state index is 0.154. The first kappa shape index (κ1) is 15.1. The van der Waals surface area contributed by atoms with Crippen LogP contribution in [0.25, 0.3) is 0 Å². The van der Waals surface area contributed by atoms with Gasteiger partial charge in [0.1, 0.15) is 17.2 Å². The van der Waals surface area contributed by atoms with Crippen molar-refractivity contribution in [3.8, 4) is 0 Å². The molecule has 0 spiro atoms. The number of ketones is 1.